The smallest absolute Gasteiger partial charge is 0.323 e. The maximum Gasteiger partial charge on any atom is 0.323 e. The summed E-state index contributed by atoms with van der Waals surface area (Å²) < 4.78 is 5.51. The van der Waals surface area contributed by atoms with E-state index in [1.165, 1.54) is 4.90 Å². The topological polar surface area (TPSA) is 66.8 Å². The van der Waals surface area contributed by atoms with Crippen LogP contribution in [0.1, 0.15) is 25.7 Å². The van der Waals surface area contributed by atoms with Gasteiger partial charge in [0.15, 0.2) is 0 Å². The number of carboxylic acid groups (broad SMARTS) is 1. The Kier molecular flexibility index (Phi) is 4.98. The Morgan fingerprint density at radius 3 is 2.55 bits per heavy atom. The molecule has 0 radical (unpaired) electrons. The van der Waals surface area contributed by atoms with Crippen LogP contribution in [0.15, 0.2) is 30.3 Å². The Hall–Kier alpha value is -2.04. The highest BCUT2D eigenvalue weighted by Gasteiger charge is 2.33. The number of para-hydroxylation sites is 1. The Balaban J connectivity index is 1.69. The molecule has 1 fully saturated rings. The van der Waals surface area contributed by atoms with Crippen LogP contribution in [0.3, 0.4) is 0 Å². The lowest BCUT2D eigenvalue weighted by Crippen LogP contribution is -2.37. The molecule has 0 aromatic heterocycles. The maximum atomic E-state index is 12.0. The van der Waals surface area contributed by atoms with E-state index in [9.17, 15) is 9.59 Å². The van der Waals surface area contributed by atoms with Crippen molar-refractivity contribution < 1.29 is 19.4 Å². The molecular formula is C15H19NO4. The molecule has 0 bridgehead atoms. The molecule has 5 nitrogen and oxygen atoms in total. The first-order valence-corrected chi connectivity index (χ1v) is 6.86. The van der Waals surface area contributed by atoms with Gasteiger partial charge in [0, 0.05) is 12.5 Å². The lowest BCUT2D eigenvalue weighted by molar-refractivity contribution is -0.145. The molecule has 20 heavy (non-hydrogen) atoms. The number of hydrogen-bond donors (Lipinski definition) is 1. The number of rotatable bonds is 8. The number of nitrogens with zero attached hydrogens (tertiary/aromatic N) is 1. The van der Waals surface area contributed by atoms with Crippen molar-refractivity contribution in [1.29, 1.82) is 0 Å². The normalized spacial score (nSPS) is 13.8. The van der Waals surface area contributed by atoms with Crippen molar-refractivity contribution in [1.82, 2.24) is 4.90 Å². The highest BCUT2D eigenvalue weighted by atomic mass is 16.5. The van der Waals surface area contributed by atoms with E-state index in [4.69, 9.17) is 9.84 Å². The zero-order chi connectivity index (χ0) is 14.4. The van der Waals surface area contributed by atoms with Crippen molar-refractivity contribution in [3.63, 3.8) is 0 Å². The summed E-state index contributed by atoms with van der Waals surface area (Å²) in [4.78, 5) is 24.2. The summed E-state index contributed by atoms with van der Waals surface area (Å²) in [6.07, 6.45) is 2.76. The van der Waals surface area contributed by atoms with Crippen LogP contribution in [-0.2, 0) is 9.59 Å². The summed E-state index contributed by atoms with van der Waals surface area (Å²) >= 11 is 0. The fourth-order valence-electron chi connectivity index (χ4n) is 2.03. The average Bonchev–Trinajstić information content (AvgIpc) is 3.26. The molecule has 5 heteroatoms. The Morgan fingerprint density at radius 1 is 1.25 bits per heavy atom. The van der Waals surface area contributed by atoms with E-state index < -0.39 is 5.97 Å². The standard InChI is InChI=1S/C15H19NO4/c17-14(16(11-15(18)19)12-8-9-12)7-4-10-20-13-5-2-1-3-6-13/h1-3,5-6,12H,4,7-11H2,(H,18,19). The number of aliphatic carboxylic acids is 1. The molecule has 0 saturated heterocycles. The average molecular weight is 277 g/mol. The van der Waals surface area contributed by atoms with Gasteiger partial charge < -0.3 is 14.7 Å². The summed E-state index contributed by atoms with van der Waals surface area (Å²) in [7, 11) is 0. The van der Waals surface area contributed by atoms with Crippen LogP contribution in [0.2, 0.25) is 0 Å². The van der Waals surface area contributed by atoms with E-state index in [-0.39, 0.29) is 18.5 Å². The molecule has 1 amide bonds. The van der Waals surface area contributed by atoms with Crippen LogP contribution in [0.5, 0.6) is 5.75 Å². The number of carbonyl (C=O) groups excluding carboxylic acids is 1. The molecule has 0 spiro atoms. The van der Waals surface area contributed by atoms with Crippen LogP contribution >= 0.6 is 0 Å². The Morgan fingerprint density at radius 2 is 1.95 bits per heavy atom. The summed E-state index contributed by atoms with van der Waals surface area (Å²) in [6.45, 7) is 0.268. The van der Waals surface area contributed by atoms with Gasteiger partial charge in [-0.15, -0.1) is 0 Å². The fraction of sp³-hybridized carbons (Fsp3) is 0.467. The predicted molar refractivity (Wildman–Crippen MR) is 73.5 cm³/mol. The van der Waals surface area contributed by atoms with Crippen LogP contribution < -0.4 is 4.74 Å². The minimum atomic E-state index is -0.953. The molecule has 0 aliphatic heterocycles. The van der Waals surface area contributed by atoms with Crippen molar-refractivity contribution in [3.8, 4) is 5.75 Å². The van der Waals surface area contributed by atoms with Gasteiger partial charge in [-0.25, -0.2) is 0 Å². The highest BCUT2D eigenvalue weighted by Crippen LogP contribution is 2.27. The molecule has 1 aromatic rings. The Bertz CT molecular complexity index is 456. The van der Waals surface area contributed by atoms with E-state index in [1.54, 1.807) is 0 Å². The first-order valence-electron chi connectivity index (χ1n) is 6.86. The highest BCUT2D eigenvalue weighted by molar-refractivity contribution is 5.81. The summed E-state index contributed by atoms with van der Waals surface area (Å²) in [5.41, 5.74) is 0. The van der Waals surface area contributed by atoms with Crippen molar-refractivity contribution in [2.45, 2.75) is 31.7 Å². The fourth-order valence-corrected chi connectivity index (χ4v) is 2.03. The molecule has 2 rings (SSSR count). The molecule has 0 atom stereocenters. The molecule has 1 N–H and O–H groups in total. The van der Waals surface area contributed by atoms with E-state index in [2.05, 4.69) is 0 Å². The van der Waals surface area contributed by atoms with Gasteiger partial charge in [0.1, 0.15) is 12.3 Å². The molecule has 1 saturated carbocycles. The lowest BCUT2D eigenvalue weighted by atomic mass is 10.2. The van der Waals surface area contributed by atoms with Crippen molar-refractivity contribution >= 4 is 11.9 Å². The number of ether oxygens (including phenoxy) is 1. The Labute approximate surface area is 118 Å². The third-order valence-corrected chi connectivity index (χ3v) is 3.16. The van der Waals surface area contributed by atoms with Gasteiger partial charge in [0.2, 0.25) is 5.91 Å². The van der Waals surface area contributed by atoms with Crippen LogP contribution in [-0.4, -0.2) is 41.1 Å². The van der Waals surface area contributed by atoms with Crippen LogP contribution in [0.25, 0.3) is 0 Å². The minimum Gasteiger partial charge on any atom is -0.494 e. The molecule has 0 heterocycles. The third-order valence-electron chi connectivity index (χ3n) is 3.16. The molecule has 1 aliphatic carbocycles. The largest absolute Gasteiger partial charge is 0.494 e. The van der Waals surface area contributed by atoms with Crippen molar-refractivity contribution in [3.05, 3.63) is 30.3 Å². The van der Waals surface area contributed by atoms with Gasteiger partial charge in [-0.2, -0.15) is 0 Å². The molecule has 0 unspecified atom stereocenters. The van der Waals surface area contributed by atoms with Gasteiger partial charge in [0.25, 0.3) is 0 Å². The number of hydrogen-bond acceptors (Lipinski definition) is 3. The van der Waals surface area contributed by atoms with E-state index >= 15 is 0 Å². The van der Waals surface area contributed by atoms with Gasteiger partial charge >= 0.3 is 5.97 Å². The van der Waals surface area contributed by atoms with Gasteiger partial charge in [0.05, 0.1) is 6.61 Å². The summed E-state index contributed by atoms with van der Waals surface area (Å²) in [6, 6.07) is 9.56. The van der Waals surface area contributed by atoms with Crippen LogP contribution in [0.4, 0.5) is 0 Å². The van der Waals surface area contributed by atoms with Crippen LogP contribution in [0, 0.1) is 0 Å². The summed E-state index contributed by atoms with van der Waals surface area (Å²) in [5, 5.41) is 8.81. The zero-order valence-electron chi connectivity index (χ0n) is 11.3. The molecule has 1 aromatic carbocycles. The van der Waals surface area contributed by atoms with Crippen molar-refractivity contribution in [2.24, 2.45) is 0 Å². The first-order chi connectivity index (χ1) is 9.66. The predicted octanol–water partition coefficient (Wildman–Crippen LogP) is 1.92. The number of carbonyl (C=O) groups is 2. The minimum absolute atomic E-state index is 0.0911. The van der Waals surface area contributed by atoms with Gasteiger partial charge in [-0.1, -0.05) is 18.2 Å². The number of carboxylic acids is 1. The van der Waals surface area contributed by atoms with E-state index in [1.807, 2.05) is 30.3 Å². The SMILES string of the molecule is O=C(O)CN(C(=O)CCCOc1ccccc1)C1CC1. The number of benzene rings is 1. The zero-order valence-corrected chi connectivity index (χ0v) is 11.3. The second-order valence-corrected chi connectivity index (χ2v) is 4.91. The second-order valence-electron chi connectivity index (χ2n) is 4.91. The van der Waals surface area contributed by atoms with E-state index in [0.717, 1.165) is 18.6 Å². The molecule has 108 valence electrons. The monoisotopic (exact) mass is 277 g/mol. The number of amides is 1. The second kappa shape index (κ2) is 6.93. The molecular weight excluding hydrogens is 258 g/mol. The maximum absolute atomic E-state index is 12.0. The summed E-state index contributed by atoms with van der Waals surface area (Å²) in [5.74, 6) is -0.262. The first kappa shape index (κ1) is 14.4. The van der Waals surface area contributed by atoms with Crippen molar-refractivity contribution in [2.75, 3.05) is 13.2 Å². The van der Waals surface area contributed by atoms with E-state index in [0.29, 0.717) is 19.4 Å². The lowest BCUT2D eigenvalue weighted by Gasteiger charge is -2.20. The molecule has 1 aliphatic rings. The van der Waals surface area contributed by atoms with Gasteiger partial charge in [-0.3, -0.25) is 9.59 Å². The quantitative estimate of drug-likeness (QED) is 0.737. The van der Waals surface area contributed by atoms with Gasteiger partial charge in [-0.05, 0) is 31.4 Å². The third kappa shape index (κ3) is 4.57.